The molecular formula is C22H25N3O8S. The van der Waals surface area contributed by atoms with Crippen LogP contribution in [0.1, 0.15) is 6.42 Å². The van der Waals surface area contributed by atoms with Crippen molar-refractivity contribution >= 4 is 38.5 Å². The minimum Gasteiger partial charge on any atom is -0.493 e. The van der Waals surface area contributed by atoms with Gasteiger partial charge in [0.1, 0.15) is 0 Å². The van der Waals surface area contributed by atoms with E-state index in [0.29, 0.717) is 9.69 Å². The van der Waals surface area contributed by atoms with Crippen LogP contribution >= 0.6 is 0 Å². The van der Waals surface area contributed by atoms with Crippen molar-refractivity contribution in [2.24, 2.45) is 12.8 Å². The molecule has 182 valence electrons. The number of methoxy groups -OCH3 is 3. The van der Waals surface area contributed by atoms with Crippen LogP contribution < -0.4 is 24.2 Å². The smallest absolute Gasteiger partial charge is 0.305 e. The molecule has 1 atom stereocenters. The summed E-state index contributed by atoms with van der Waals surface area (Å²) >= 11 is 0. The van der Waals surface area contributed by atoms with Crippen LogP contribution in [-0.4, -0.2) is 57.3 Å². The average Bonchev–Trinajstić information content (AvgIpc) is 3.17. The SMILES string of the molecule is COc1cc(N(C(=O)C(N)CC(=O)O)S(=O)(=O)c2ccc3c(ccn3C)c2)cc(OC)c1OC. The topological polar surface area (TPSA) is 150 Å². The fourth-order valence-corrected chi connectivity index (χ4v) is 5.00. The van der Waals surface area contributed by atoms with Crippen LogP contribution in [0.2, 0.25) is 0 Å². The molecule has 1 unspecified atom stereocenters. The summed E-state index contributed by atoms with van der Waals surface area (Å²) in [6, 6.07) is 7.03. The van der Waals surface area contributed by atoms with Gasteiger partial charge in [0.25, 0.3) is 15.9 Å². The number of carboxylic acid groups (broad SMARTS) is 1. The van der Waals surface area contributed by atoms with E-state index in [4.69, 9.17) is 25.1 Å². The number of amides is 1. The number of nitrogens with two attached hydrogens (primary N) is 1. The number of sulfonamides is 1. The van der Waals surface area contributed by atoms with Crippen molar-refractivity contribution < 1.29 is 37.3 Å². The molecule has 11 nitrogen and oxygen atoms in total. The Balaban J connectivity index is 2.25. The summed E-state index contributed by atoms with van der Waals surface area (Å²) in [5, 5.41) is 9.73. The average molecular weight is 492 g/mol. The van der Waals surface area contributed by atoms with Gasteiger partial charge in [-0.1, -0.05) is 0 Å². The van der Waals surface area contributed by atoms with E-state index >= 15 is 0 Å². The molecule has 0 saturated heterocycles. The summed E-state index contributed by atoms with van der Waals surface area (Å²) in [6.45, 7) is 0. The third kappa shape index (κ3) is 4.50. The highest BCUT2D eigenvalue weighted by Gasteiger charge is 2.36. The lowest BCUT2D eigenvalue weighted by molar-refractivity contribution is -0.139. The highest BCUT2D eigenvalue weighted by Crippen LogP contribution is 2.42. The van der Waals surface area contributed by atoms with Crippen molar-refractivity contribution in [2.45, 2.75) is 17.4 Å². The molecule has 1 amide bonds. The summed E-state index contributed by atoms with van der Waals surface area (Å²) in [7, 11) is 1.32. The van der Waals surface area contributed by atoms with Crippen LogP contribution in [0.5, 0.6) is 17.2 Å². The van der Waals surface area contributed by atoms with Gasteiger partial charge in [0.05, 0.1) is 44.4 Å². The largest absolute Gasteiger partial charge is 0.493 e. The molecule has 3 rings (SSSR count). The zero-order valence-electron chi connectivity index (χ0n) is 19.0. The van der Waals surface area contributed by atoms with E-state index in [1.54, 1.807) is 18.3 Å². The Bertz CT molecular complexity index is 1320. The summed E-state index contributed by atoms with van der Waals surface area (Å²) in [5.74, 6) is -2.12. The van der Waals surface area contributed by atoms with E-state index in [-0.39, 0.29) is 27.8 Å². The number of anilines is 1. The Hall–Kier alpha value is -3.77. The predicted molar refractivity (Wildman–Crippen MR) is 124 cm³/mol. The van der Waals surface area contributed by atoms with Crippen LogP contribution in [-0.2, 0) is 26.7 Å². The molecule has 0 aliphatic rings. The molecule has 0 bridgehead atoms. The minimum absolute atomic E-state index is 0.0927. The number of nitrogens with zero attached hydrogens (tertiary/aromatic N) is 2. The molecule has 0 aliphatic heterocycles. The van der Waals surface area contributed by atoms with E-state index in [1.165, 1.54) is 45.6 Å². The van der Waals surface area contributed by atoms with E-state index in [1.807, 2.05) is 11.6 Å². The number of carboxylic acids is 1. The van der Waals surface area contributed by atoms with E-state index in [9.17, 15) is 18.0 Å². The van der Waals surface area contributed by atoms with Crippen molar-refractivity contribution in [3.8, 4) is 17.2 Å². The van der Waals surface area contributed by atoms with Crippen LogP contribution in [0.15, 0.2) is 47.5 Å². The Morgan fingerprint density at radius 3 is 2.21 bits per heavy atom. The summed E-state index contributed by atoms with van der Waals surface area (Å²) < 4.78 is 45.6. The lowest BCUT2D eigenvalue weighted by Crippen LogP contribution is -2.47. The van der Waals surface area contributed by atoms with Gasteiger partial charge < -0.3 is 29.6 Å². The Morgan fingerprint density at radius 1 is 1.06 bits per heavy atom. The minimum atomic E-state index is -4.54. The quantitative estimate of drug-likeness (QED) is 0.456. The molecular weight excluding hydrogens is 466 g/mol. The summed E-state index contributed by atoms with van der Waals surface area (Å²) in [6.07, 6.45) is 0.999. The van der Waals surface area contributed by atoms with Gasteiger partial charge in [0, 0.05) is 36.3 Å². The van der Waals surface area contributed by atoms with Crippen molar-refractivity contribution in [1.29, 1.82) is 0 Å². The van der Waals surface area contributed by atoms with E-state index in [2.05, 4.69) is 0 Å². The van der Waals surface area contributed by atoms with Crippen molar-refractivity contribution in [3.05, 3.63) is 42.6 Å². The zero-order valence-corrected chi connectivity index (χ0v) is 19.8. The monoisotopic (exact) mass is 491 g/mol. The number of hydrogen-bond acceptors (Lipinski definition) is 8. The predicted octanol–water partition coefficient (Wildman–Crippen LogP) is 1.73. The van der Waals surface area contributed by atoms with Gasteiger partial charge in [0.15, 0.2) is 11.5 Å². The molecule has 1 aromatic heterocycles. The fraction of sp³-hybridized carbons (Fsp3) is 0.273. The van der Waals surface area contributed by atoms with Crippen LogP contribution in [0.4, 0.5) is 5.69 Å². The first-order valence-corrected chi connectivity index (χ1v) is 11.4. The van der Waals surface area contributed by atoms with Gasteiger partial charge >= 0.3 is 5.97 Å². The number of carbonyl (C=O) groups excluding carboxylic acids is 1. The highest BCUT2D eigenvalue weighted by atomic mass is 32.2. The molecule has 0 spiro atoms. The number of aryl methyl sites for hydroxylation is 1. The number of aromatic nitrogens is 1. The number of rotatable bonds is 9. The Morgan fingerprint density at radius 2 is 1.68 bits per heavy atom. The molecule has 0 radical (unpaired) electrons. The van der Waals surface area contributed by atoms with E-state index in [0.717, 1.165) is 5.52 Å². The van der Waals surface area contributed by atoms with Gasteiger partial charge in [-0.25, -0.2) is 12.7 Å². The van der Waals surface area contributed by atoms with Crippen molar-refractivity contribution in [1.82, 2.24) is 4.57 Å². The molecule has 12 heteroatoms. The standard InChI is InChI=1S/C22H25N3O8S/c1-24-8-7-13-9-15(5-6-17(13)24)34(29,30)25(22(28)16(23)12-20(26)27)14-10-18(31-2)21(33-4)19(11-14)32-3/h5-11,16H,12,23H2,1-4H3,(H,26,27). The molecule has 3 N–H and O–H groups in total. The first-order valence-electron chi connectivity index (χ1n) is 9.96. The van der Waals surface area contributed by atoms with Gasteiger partial charge in [0.2, 0.25) is 5.75 Å². The lowest BCUT2D eigenvalue weighted by atomic mass is 10.2. The molecule has 0 saturated carbocycles. The summed E-state index contributed by atoms with van der Waals surface area (Å²) in [5.41, 5.74) is 6.42. The van der Waals surface area contributed by atoms with Gasteiger partial charge in [-0.05, 0) is 24.3 Å². The number of fused-ring (bicyclic) bond motifs is 1. The second-order valence-electron chi connectivity index (χ2n) is 7.34. The first kappa shape index (κ1) is 24.9. The molecule has 0 aliphatic carbocycles. The Kier molecular flexibility index (Phi) is 7.03. The second kappa shape index (κ2) is 9.61. The molecule has 3 aromatic rings. The molecule has 1 heterocycles. The molecule has 34 heavy (non-hydrogen) atoms. The van der Waals surface area contributed by atoms with Crippen LogP contribution in [0, 0.1) is 0 Å². The number of hydrogen-bond donors (Lipinski definition) is 2. The lowest BCUT2D eigenvalue weighted by Gasteiger charge is -2.26. The van der Waals surface area contributed by atoms with Crippen molar-refractivity contribution in [2.75, 3.05) is 25.6 Å². The molecule has 2 aromatic carbocycles. The van der Waals surface area contributed by atoms with Crippen molar-refractivity contribution in [3.63, 3.8) is 0 Å². The highest BCUT2D eigenvalue weighted by molar-refractivity contribution is 7.93. The first-order chi connectivity index (χ1) is 16.0. The number of benzene rings is 2. The number of aliphatic carboxylic acids is 1. The zero-order chi connectivity index (χ0) is 25.2. The van der Waals surface area contributed by atoms with Gasteiger partial charge in [-0.2, -0.15) is 0 Å². The maximum Gasteiger partial charge on any atom is 0.305 e. The third-order valence-electron chi connectivity index (χ3n) is 5.19. The van der Waals surface area contributed by atoms with E-state index < -0.39 is 34.4 Å². The molecule has 0 fully saturated rings. The maximum absolute atomic E-state index is 13.8. The summed E-state index contributed by atoms with van der Waals surface area (Å²) in [4.78, 5) is 24.2. The Labute approximate surface area is 196 Å². The van der Waals surface area contributed by atoms with Gasteiger partial charge in [-0.15, -0.1) is 0 Å². The number of carbonyl (C=O) groups is 2. The third-order valence-corrected chi connectivity index (χ3v) is 6.91. The van der Waals surface area contributed by atoms with Gasteiger partial charge in [-0.3, -0.25) is 9.59 Å². The van der Waals surface area contributed by atoms with Crippen LogP contribution in [0.3, 0.4) is 0 Å². The number of ether oxygens (including phenoxy) is 3. The fourth-order valence-electron chi connectivity index (χ4n) is 3.52. The maximum atomic E-state index is 13.8. The van der Waals surface area contributed by atoms with Crippen LogP contribution in [0.25, 0.3) is 10.9 Å². The second-order valence-corrected chi connectivity index (χ2v) is 9.13. The normalized spacial score (nSPS) is 12.3.